The van der Waals surface area contributed by atoms with Crippen LogP contribution in [-0.2, 0) is 0 Å². The first-order valence-electron chi connectivity index (χ1n) is 17.4. The van der Waals surface area contributed by atoms with Crippen LogP contribution in [0.2, 0.25) is 0 Å². The second-order valence-corrected chi connectivity index (χ2v) is 13.2. The molecule has 0 fully saturated rings. The van der Waals surface area contributed by atoms with E-state index < -0.39 is 0 Å². The van der Waals surface area contributed by atoms with Gasteiger partial charge in [0.25, 0.3) is 0 Å². The molecule has 0 aliphatic rings. The predicted octanol–water partition coefficient (Wildman–Crippen LogP) is 12.2. The summed E-state index contributed by atoms with van der Waals surface area (Å²) in [6.45, 7) is 0. The fourth-order valence-electron chi connectivity index (χ4n) is 7.84. The monoisotopic (exact) mass is 664 g/mol. The molecule has 5 nitrogen and oxygen atoms in total. The van der Waals surface area contributed by atoms with E-state index in [1.165, 1.54) is 16.2 Å². The maximum atomic E-state index is 6.45. The standard InChI is InChI=1S/C47H28N4O/c1-2-13-30-26-33(25-24-29(30)12-1)46-48-45(32-15-11-16-34(27-32)51-39-21-8-5-18-36(39)37-19-6-9-22-40(37)51)49-47(50-46)44-35-17-4-3-14-31(35)28-42-43(44)38-20-7-10-23-41(38)52-42/h1-28H. The Hall–Kier alpha value is -7.11. The van der Waals surface area contributed by atoms with Gasteiger partial charge in [0.05, 0.1) is 11.0 Å². The number of hydrogen-bond donors (Lipinski definition) is 0. The number of fused-ring (bicyclic) bond motifs is 8. The Morgan fingerprint density at radius 2 is 0.981 bits per heavy atom. The first-order chi connectivity index (χ1) is 25.8. The van der Waals surface area contributed by atoms with Crippen LogP contribution in [0.5, 0.6) is 0 Å². The first kappa shape index (κ1) is 28.7. The van der Waals surface area contributed by atoms with Crippen molar-refractivity contribution in [1.29, 1.82) is 0 Å². The molecule has 3 heterocycles. The van der Waals surface area contributed by atoms with Crippen LogP contribution in [0.25, 0.3) is 105 Å². The van der Waals surface area contributed by atoms with E-state index in [0.29, 0.717) is 17.5 Å². The van der Waals surface area contributed by atoms with E-state index >= 15 is 0 Å². The van der Waals surface area contributed by atoms with Crippen LogP contribution in [0.1, 0.15) is 0 Å². The second kappa shape index (κ2) is 11.2. The van der Waals surface area contributed by atoms with Crippen LogP contribution in [-0.4, -0.2) is 19.5 Å². The molecule has 0 atom stereocenters. The average Bonchev–Trinajstić information content (AvgIpc) is 3.75. The fraction of sp³-hybridized carbons (Fsp3) is 0. The van der Waals surface area contributed by atoms with E-state index in [4.69, 9.17) is 19.4 Å². The zero-order chi connectivity index (χ0) is 34.2. The molecule has 242 valence electrons. The van der Waals surface area contributed by atoms with Crippen LogP contribution < -0.4 is 0 Å². The van der Waals surface area contributed by atoms with Crippen molar-refractivity contribution in [1.82, 2.24) is 19.5 Å². The fourth-order valence-corrected chi connectivity index (χ4v) is 7.84. The number of rotatable bonds is 4. The van der Waals surface area contributed by atoms with Gasteiger partial charge in [-0.15, -0.1) is 0 Å². The quantitative estimate of drug-likeness (QED) is 0.188. The lowest BCUT2D eigenvalue weighted by Gasteiger charge is -2.13. The molecule has 0 aliphatic heterocycles. The molecule has 0 spiro atoms. The minimum atomic E-state index is 0.601. The van der Waals surface area contributed by atoms with Crippen molar-refractivity contribution in [2.45, 2.75) is 0 Å². The Bertz CT molecular complexity index is 3150. The Kier molecular flexibility index (Phi) is 6.18. The first-order valence-corrected chi connectivity index (χ1v) is 17.4. The van der Waals surface area contributed by atoms with Gasteiger partial charge in [0.15, 0.2) is 17.5 Å². The molecule has 0 bridgehead atoms. The van der Waals surface area contributed by atoms with Gasteiger partial charge in [-0.3, -0.25) is 0 Å². The third-order valence-electron chi connectivity index (χ3n) is 10.2. The predicted molar refractivity (Wildman–Crippen MR) is 213 cm³/mol. The molecule has 3 aromatic heterocycles. The highest BCUT2D eigenvalue weighted by atomic mass is 16.3. The van der Waals surface area contributed by atoms with Crippen molar-refractivity contribution in [3.63, 3.8) is 0 Å². The van der Waals surface area contributed by atoms with Crippen LogP contribution in [0.15, 0.2) is 174 Å². The van der Waals surface area contributed by atoms with Gasteiger partial charge in [-0.05, 0) is 64.0 Å². The third kappa shape index (κ3) is 4.39. The molecule has 0 saturated heterocycles. The molecule has 0 radical (unpaired) electrons. The van der Waals surface area contributed by atoms with E-state index in [2.05, 4.69) is 162 Å². The van der Waals surface area contributed by atoms with Crippen molar-refractivity contribution in [3.05, 3.63) is 170 Å². The van der Waals surface area contributed by atoms with Gasteiger partial charge < -0.3 is 8.98 Å². The number of furan rings is 1. The lowest BCUT2D eigenvalue weighted by Crippen LogP contribution is -2.02. The maximum absolute atomic E-state index is 6.45. The molecule has 0 amide bonds. The second-order valence-electron chi connectivity index (χ2n) is 13.2. The summed E-state index contributed by atoms with van der Waals surface area (Å²) in [5.74, 6) is 1.82. The molecule has 0 saturated carbocycles. The molecule has 52 heavy (non-hydrogen) atoms. The number of aromatic nitrogens is 4. The van der Waals surface area contributed by atoms with Gasteiger partial charge in [-0.1, -0.05) is 127 Å². The Balaban J connectivity index is 1.20. The van der Waals surface area contributed by atoms with E-state index in [0.717, 1.165) is 71.5 Å². The summed E-state index contributed by atoms with van der Waals surface area (Å²) >= 11 is 0. The molecular formula is C47H28N4O. The minimum absolute atomic E-state index is 0.601. The zero-order valence-corrected chi connectivity index (χ0v) is 27.9. The highest BCUT2D eigenvalue weighted by Gasteiger charge is 2.21. The van der Waals surface area contributed by atoms with E-state index in [-0.39, 0.29) is 0 Å². The summed E-state index contributed by atoms with van der Waals surface area (Å²) in [5, 5.41) is 8.88. The molecule has 5 heteroatoms. The van der Waals surface area contributed by atoms with Crippen molar-refractivity contribution >= 4 is 65.3 Å². The van der Waals surface area contributed by atoms with Gasteiger partial charge in [0, 0.05) is 43.9 Å². The van der Waals surface area contributed by atoms with E-state index in [1.807, 2.05) is 12.1 Å². The molecule has 0 unspecified atom stereocenters. The summed E-state index contributed by atoms with van der Waals surface area (Å²) < 4.78 is 8.78. The summed E-state index contributed by atoms with van der Waals surface area (Å²) in [4.78, 5) is 15.8. The Morgan fingerprint density at radius 3 is 1.75 bits per heavy atom. The highest BCUT2D eigenvalue weighted by molar-refractivity contribution is 6.20. The van der Waals surface area contributed by atoms with Crippen LogP contribution in [0.3, 0.4) is 0 Å². The Morgan fingerprint density at radius 1 is 0.385 bits per heavy atom. The van der Waals surface area contributed by atoms with Crippen molar-refractivity contribution in [3.8, 4) is 39.9 Å². The van der Waals surface area contributed by atoms with Crippen molar-refractivity contribution < 1.29 is 4.42 Å². The van der Waals surface area contributed by atoms with E-state index in [1.54, 1.807) is 0 Å². The molecule has 8 aromatic carbocycles. The van der Waals surface area contributed by atoms with Gasteiger partial charge >= 0.3 is 0 Å². The summed E-state index contributed by atoms with van der Waals surface area (Å²) in [6.07, 6.45) is 0. The molecular weight excluding hydrogens is 637 g/mol. The highest BCUT2D eigenvalue weighted by Crippen LogP contribution is 2.42. The lowest BCUT2D eigenvalue weighted by molar-refractivity contribution is 0.669. The van der Waals surface area contributed by atoms with E-state index in [9.17, 15) is 0 Å². The average molecular weight is 665 g/mol. The van der Waals surface area contributed by atoms with Crippen LogP contribution >= 0.6 is 0 Å². The molecule has 0 aliphatic carbocycles. The number of benzene rings is 8. The maximum Gasteiger partial charge on any atom is 0.165 e. The number of nitrogens with zero attached hydrogens (tertiary/aromatic N) is 4. The topological polar surface area (TPSA) is 56.7 Å². The lowest BCUT2D eigenvalue weighted by atomic mass is 9.97. The molecule has 0 N–H and O–H groups in total. The third-order valence-corrected chi connectivity index (χ3v) is 10.2. The van der Waals surface area contributed by atoms with Gasteiger partial charge in [0.1, 0.15) is 11.2 Å². The van der Waals surface area contributed by atoms with Crippen molar-refractivity contribution in [2.75, 3.05) is 0 Å². The summed E-state index contributed by atoms with van der Waals surface area (Å²) in [5.41, 5.74) is 7.74. The van der Waals surface area contributed by atoms with Crippen LogP contribution in [0.4, 0.5) is 0 Å². The number of hydrogen-bond acceptors (Lipinski definition) is 4. The summed E-state index contributed by atoms with van der Waals surface area (Å²) in [6, 6.07) is 59.1. The Labute approximate surface area is 298 Å². The van der Waals surface area contributed by atoms with Crippen LogP contribution in [0, 0.1) is 0 Å². The molecule has 11 rings (SSSR count). The van der Waals surface area contributed by atoms with Gasteiger partial charge in [0.2, 0.25) is 0 Å². The zero-order valence-electron chi connectivity index (χ0n) is 27.9. The normalized spacial score (nSPS) is 11.8. The summed E-state index contributed by atoms with van der Waals surface area (Å²) in [7, 11) is 0. The smallest absolute Gasteiger partial charge is 0.165 e. The van der Waals surface area contributed by atoms with Gasteiger partial charge in [-0.2, -0.15) is 0 Å². The molecule has 11 aromatic rings. The largest absolute Gasteiger partial charge is 0.456 e. The minimum Gasteiger partial charge on any atom is -0.456 e. The van der Waals surface area contributed by atoms with Crippen molar-refractivity contribution in [2.24, 2.45) is 0 Å². The SMILES string of the molecule is c1cc(-c2nc(-c3ccc4ccccc4c3)nc(-c3c4ccccc4cc4oc5ccccc5c34)n2)cc(-n2c3ccccc3c3ccccc32)c1. The number of para-hydroxylation sites is 3. The van der Waals surface area contributed by atoms with Gasteiger partial charge in [-0.25, -0.2) is 15.0 Å².